The van der Waals surface area contributed by atoms with E-state index in [9.17, 15) is 24.3 Å². The molecule has 2 aromatic carbocycles. The zero-order valence-corrected chi connectivity index (χ0v) is 26.4. The van der Waals surface area contributed by atoms with Gasteiger partial charge in [0.2, 0.25) is 5.91 Å². The Morgan fingerprint density at radius 3 is 2.53 bits per heavy atom. The average molecular weight is 628 g/mol. The summed E-state index contributed by atoms with van der Waals surface area (Å²) in [6.07, 6.45) is 0.546. The van der Waals surface area contributed by atoms with E-state index in [2.05, 4.69) is 0 Å². The van der Waals surface area contributed by atoms with Crippen molar-refractivity contribution in [2.45, 2.75) is 69.1 Å². The van der Waals surface area contributed by atoms with Crippen LogP contribution in [0.25, 0.3) is 0 Å². The number of ether oxygens (including phenoxy) is 2. The third-order valence-corrected chi connectivity index (χ3v) is 12.3. The molecule has 3 saturated heterocycles. The number of aliphatic hydroxyl groups excluding tert-OH is 1. The molecular formula is C31H38ClN3O7Si. The molecule has 3 fully saturated rings. The SMILES string of the molecule is C[C@H]1[C@H]([Si](C)(C)O)[C@@H](CC(=O)N2CCC[C@H]2CO)O[C@]12C(=O)N(Cc1ccc(N3CCOC3=O)cc1)c1ccc(Cl)cc12. The molecule has 0 bridgehead atoms. The molecule has 0 aliphatic carbocycles. The van der Waals surface area contributed by atoms with Crippen LogP contribution in [0, 0.1) is 5.92 Å². The number of hydrogen-bond acceptors (Lipinski definition) is 7. The molecule has 230 valence electrons. The van der Waals surface area contributed by atoms with Crippen LogP contribution in [0.3, 0.4) is 0 Å². The Morgan fingerprint density at radius 1 is 1.14 bits per heavy atom. The Bertz CT molecular complexity index is 1430. The van der Waals surface area contributed by atoms with Gasteiger partial charge in [-0.05, 0) is 61.8 Å². The fraction of sp³-hybridized carbons (Fsp3) is 0.516. The molecule has 0 aromatic heterocycles. The van der Waals surface area contributed by atoms with Crippen LogP contribution in [0.2, 0.25) is 23.7 Å². The van der Waals surface area contributed by atoms with E-state index in [0.29, 0.717) is 36.0 Å². The topological polar surface area (TPSA) is 120 Å². The number of fused-ring (bicyclic) bond motifs is 2. The second kappa shape index (κ2) is 11.2. The number of nitrogens with zero attached hydrogens (tertiary/aromatic N) is 3. The number of carbonyl (C=O) groups is 3. The molecule has 4 aliphatic heterocycles. The van der Waals surface area contributed by atoms with Crippen LogP contribution < -0.4 is 9.80 Å². The number of carbonyl (C=O) groups excluding carboxylic acids is 3. The van der Waals surface area contributed by atoms with Gasteiger partial charge in [0.15, 0.2) is 13.9 Å². The molecule has 2 N–H and O–H groups in total. The van der Waals surface area contributed by atoms with Crippen molar-refractivity contribution in [1.82, 2.24) is 4.90 Å². The zero-order chi connectivity index (χ0) is 30.7. The third kappa shape index (κ3) is 5.04. The van der Waals surface area contributed by atoms with Crippen molar-refractivity contribution in [2.24, 2.45) is 5.92 Å². The molecule has 2 aromatic rings. The highest BCUT2D eigenvalue weighted by Crippen LogP contribution is 2.60. The maximum Gasteiger partial charge on any atom is 0.414 e. The Morgan fingerprint density at radius 2 is 1.88 bits per heavy atom. The molecule has 0 unspecified atom stereocenters. The molecule has 12 heteroatoms. The first-order valence-corrected chi connectivity index (χ1v) is 18.3. The number of likely N-dealkylation sites (tertiary alicyclic amines) is 1. The van der Waals surface area contributed by atoms with Gasteiger partial charge in [0, 0.05) is 34.3 Å². The van der Waals surface area contributed by atoms with Crippen molar-refractivity contribution >= 4 is 49.2 Å². The van der Waals surface area contributed by atoms with Gasteiger partial charge in [-0.2, -0.15) is 0 Å². The van der Waals surface area contributed by atoms with E-state index in [0.717, 1.165) is 24.1 Å². The molecule has 3 amide bonds. The largest absolute Gasteiger partial charge is 0.447 e. The minimum atomic E-state index is -2.95. The van der Waals surface area contributed by atoms with Gasteiger partial charge in [-0.25, -0.2) is 4.79 Å². The van der Waals surface area contributed by atoms with Gasteiger partial charge in [0.05, 0.1) is 44.0 Å². The standard InChI is InChI=1S/C31H38ClN3O7Si/c1-19-28(43(2,3)40)26(16-27(37)33-12-4-5-23(33)18-36)42-31(19)24-15-21(32)8-11-25(24)35(29(31)38)17-20-6-9-22(10-7-20)34-13-14-41-30(34)39/h6-11,15,19,23,26,28,36,40H,4-5,12-14,16-18H2,1-3H3/t19-,23-,26+,28-,31+/m0/s1. The van der Waals surface area contributed by atoms with Crippen LogP contribution in [-0.4, -0.2) is 79.5 Å². The summed E-state index contributed by atoms with van der Waals surface area (Å²) in [6, 6.07) is 12.6. The fourth-order valence-electron chi connectivity index (χ4n) is 7.64. The molecule has 4 aliphatic rings. The number of rotatable bonds is 7. The van der Waals surface area contributed by atoms with E-state index in [1.165, 1.54) is 0 Å². The summed E-state index contributed by atoms with van der Waals surface area (Å²) >= 11 is 6.49. The highest BCUT2D eigenvalue weighted by atomic mass is 35.5. The van der Waals surface area contributed by atoms with Crippen LogP contribution in [0.1, 0.15) is 37.3 Å². The summed E-state index contributed by atoms with van der Waals surface area (Å²) in [4.78, 5) is 56.6. The Labute approximate surface area is 257 Å². The van der Waals surface area contributed by atoms with Crippen LogP contribution in [0.4, 0.5) is 16.2 Å². The lowest BCUT2D eigenvalue weighted by Crippen LogP contribution is -2.46. The fourth-order valence-corrected chi connectivity index (χ4v) is 10.4. The van der Waals surface area contributed by atoms with E-state index in [4.69, 9.17) is 21.1 Å². The van der Waals surface area contributed by atoms with E-state index >= 15 is 0 Å². The quantitative estimate of drug-likeness (QED) is 0.445. The smallest absolute Gasteiger partial charge is 0.414 e. The summed E-state index contributed by atoms with van der Waals surface area (Å²) in [6.45, 7) is 7.17. The summed E-state index contributed by atoms with van der Waals surface area (Å²) in [5.74, 6) is -0.816. The minimum absolute atomic E-state index is 0.0216. The number of halogens is 1. The first-order chi connectivity index (χ1) is 20.5. The Balaban J connectivity index is 1.32. The number of hydrogen-bond donors (Lipinski definition) is 2. The van der Waals surface area contributed by atoms with Crippen LogP contribution >= 0.6 is 11.6 Å². The van der Waals surface area contributed by atoms with Crippen molar-refractivity contribution in [3.8, 4) is 0 Å². The molecule has 6 rings (SSSR count). The van der Waals surface area contributed by atoms with Gasteiger partial charge in [-0.3, -0.25) is 14.5 Å². The van der Waals surface area contributed by atoms with Crippen molar-refractivity contribution in [1.29, 1.82) is 0 Å². The van der Waals surface area contributed by atoms with Crippen LogP contribution in [0.15, 0.2) is 42.5 Å². The predicted octanol–water partition coefficient (Wildman–Crippen LogP) is 4.01. The summed E-state index contributed by atoms with van der Waals surface area (Å²) in [5.41, 5.74) is 1.09. The highest BCUT2D eigenvalue weighted by Gasteiger charge is 2.66. The number of aliphatic hydroxyl groups is 1. The van der Waals surface area contributed by atoms with Crippen molar-refractivity contribution in [2.75, 3.05) is 36.1 Å². The van der Waals surface area contributed by atoms with Gasteiger partial charge in [0.25, 0.3) is 5.91 Å². The van der Waals surface area contributed by atoms with E-state index in [1.54, 1.807) is 26.8 Å². The second-order valence-corrected chi connectivity index (χ2v) is 17.0. The minimum Gasteiger partial charge on any atom is -0.447 e. The molecule has 10 nitrogen and oxygen atoms in total. The molecule has 43 heavy (non-hydrogen) atoms. The number of benzene rings is 2. The van der Waals surface area contributed by atoms with Crippen molar-refractivity contribution in [3.63, 3.8) is 0 Å². The summed E-state index contributed by atoms with van der Waals surface area (Å²) < 4.78 is 11.8. The Hall–Kier alpha value is -2.96. The predicted molar refractivity (Wildman–Crippen MR) is 163 cm³/mol. The lowest BCUT2D eigenvalue weighted by molar-refractivity contribution is -0.150. The van der Waals surface area contributed by atoms with E-state index in [1.807, 2.05) is 50.3 Å². The number of cyclic esters (lactones) is 1. The summed E-state index contributed by atoms with van der Waals surface area (Å²) in [5, 5.41) is 10.3. The molecule has 5 atom stereocenters. The van der Waals surface area contributed by atoms with Crippen molar-refractivity contribution in [3.05, 3.63) is 58.6 Å². The maximum atomic E-state index is 14.6. The highest BCUT2D eigenvalue weighted by molar-refractivity contribution is 6.71. The maximum absolute atomic E-state index is 14.6. The van der Waals surface area contributed by atoms with Crippen LogP contribution in [-0.2, 0) is 31.2 Å². The lowest BCUT2D eigenvalue weighted by atomic mass is 9.82. The monoisotopic (exact) mass is 627 g/mol. The second-order valence-electron chi connectivity index (χ2n) is 12.6. The average Bonchev–Trinajstić information content (AvgIpc) is 3.72. The van der Waals surface area contributed by atoms with E-state index in [-0.39, 0.29) is 43.5 Å². The van der Waals surface area contributed by atoms with Crippen LogP contribution in [0.5, 0.6) is 0 Å². The molecule has 1 spiro atoms. The third-order valence-electron chi connectivity index (χ3n) is 9.58. The molecule has 4 heterocycles. The molecular weight excluding hydrogens is 590 g/mol. The summed E-state index contributed by atoms with van der Waals surface area (Å²) in [7, 11) is -2.95. The van der Waals surface area contributed by atoms with Gasteiger partial charge in [0.1, 0.15) is 6.61 Å². The zero-order valence-electron chi connectivity index (χ0n) is 24.7. The first kappa shape index (κ1) is 30.1. The van der Waals surface area contributed by atoms with Crippen molar-refractivity contribution < 1.29 is 33.8 Å². The number of anilines is 2. The number of amides is 3. The van der Waals surface area contributed by atoms with Gasteiger partial charge < -0.3 is 29.2 Å². The molecule has 0 radical (unpaired) electrons. The van der Waals surface area contributed by atoms with Gasteiger partial charge in [-0.1, -0.05) is 30.7 Å². The molecule has 0 saturated carbocycles. The van der Waals surface area contributed by atoms with E-state index < -0.39 is 31.5 Å². The lowest BCUT2D eigenvalue weighted by Gasteiger charge is -2.32. The Kier molecular flexibility index (Phi) is 7.83. The first-order valence-electron chi connectivity index (χ1n) is 14.9. The van der Waals surface area contributed by atoms with Gasteiger partial charge >= 0.3 is 6.09 Å². The van der Waals surface area contributed by atoms with Gasteiger partial charge in [-0.15, -0.1) is 0 Å². The normalized spacial score (nSPS) is 28.7.